The van der Waals surface area contributed by atoms with Crippen LogP contribution in [0.4, 0.5) is 0 Å². The summed E-state index contributed by atoms with van der Waals surface area (Å²) in [4.78, 5) is 14.7. The summed E-state index contributed by atoms with van der Waals surface area (Å²) in [6, 6.07) is 21.8. The fraction of sp³-hybridized carbons (Fsp3) is 0.227. The second-order valence-electron chi connectivity index (χ2n) is 6.53. The van der Waals surface area contributed by atoms with Gasteiger partial charge in [0.2, 0.25) is 0 Å². The molecule has 0 unspecified atom stereocenters. The minimum absolute atomic E-state index is 0.0644. The Labute approximate surface area is 154 Å². The number of nitrogens with zero attached hydrogens (tertiary/aromatic N) is 1. The third-order valence-electron chi connectivity index (χ3n) is 4.57. The van der Waals surface area contributed by atoms with Crippen LogP contribution in [0, 0.1) is 0 Å². The Morgan fingerprint density at radius 3 is 2.50 bits per heavy atom. The minimum Gasteiger partial charge on any atom is -0.497 e. The second kappa shape index (κ2) is 8.02. The lowest BCUT2D eigenvalue weighted by Crippen LogP contribution is -2.34. The van der Waals surface area contributed by atoms with Gasteiger partial charge in [-0.1, -0.05) is 42.5 Å². The van der Waals surface area contributed by atoms with Crippen LogP contribution in [0.5, 0.6) is 5.75 Å². The van der Waals surface area contributed by atoms with Gasteiger partial charge in [0.25, 0.3) is 5.91 Å². The average molecular weight is 348 g/mol. The van der Waals surface area contributed by atoms with Gasteiger partial charge in [-0.3, -0.25) is 4.79 Å². The van der Waals surface area contributed by atoms with Gasteiger partial charge in [0.1, 0.15) is 5.75 Å². The summed E-state index contributed by atoms with van der Waals surface area (Å²) in [5.41, 5.74) is 1.78. The highest BCUT2D eigenvalue weighted by atomic mass is 16.5. The number of rotatable bonds is 6. The molecule has 0 bridgehead atoms. The molecule has 0 radical (unpaired) electrons. The van der Waals surface area contributed by atoms with E-state index >= 15 is 0 Å². The molecule has 0 aromatic heterocycles. The van der Waals surface area contributed by atoms with Gasteiger partial charge in [0.15, 0.2) is 0 Å². The number of ether oxygens (including phenoxy) is 1. The largest absolute Gasteiger partial charge is 0.497 e. The topological polar surface area (TPSA) is 41.6 Å². The normalized spacial score (nSPS) is 12.2. The molecule has 0 saturated heterocycles. The summed E-state index contributed by atoms with van der Waals surface area (Å²) in [5, 5.41) is 5.26. The number of likely N-dealkylation sites (N-methyl/N-ethyl adjacent to an activating group) is 1. The predicted octanol–water partition coefficient (Wildman–Crippen LogP) is 3.88. The third-order valence-corrected chi connectivity index (χ3v) is 4.57. The quantitative estimate of drug-likeness (QED) is 0.735. The van der Waals surface area contributed by atoms with Crippen molar-refractivity contribution in [1.82, 2.24) is 10.2 Å². The summed E-state index contributed by atoms with van der Waals surface area (Å²) < 4.78 is 5.31. The molecule has 4 heteroatoms. The van der Waals surface area contributed by atoms with Gasteiger partial charge >= 0.3 is 0 Å². The number of methoxy groups -OCH3 is 1. The summed E-state index contributed by atoms with van der Waals surface area (Å²) in [6.07, 6.45) is 0. The van der Waals surface area contributed by atoms with E-state index in [-0.39, 0.29) is 11.9 Å². The Morgan fingerprint density at radius 1 is 1.00 bits per heavy atom. The Balaban J connectivity index is 1.74. The van der Waals surface area contributed by atoms with Crippen molar-refractivity contribution in [3.63, 3.8) is 0 Å². The molecule has 0 aliphatic rings. The van der Waals surface area contributed by atoms with Crippen LogP contribution in [0.3, 0.4) is 0 Å². The first-order chi connectivity index (χ1) is 12.6. The van der Waals surface area contributed by atoms with Crippen molar-refractivity contribution in [1.29, 1.82) is 0 Å². The van der Waals surface area contributed by atoms with Gasteiger partial charge < -0.3 is 15.0 Å². The van der Waals surface area contributed by atoms with Crippen molar-refractivity contribution in [2.45, 2.75) is 6.04 Å². The molecule has 0 heterocycles. The zero-order valence-corrected chi connectivity index (χ0v) is 15.4. The second-order valence-corrected chi connectivity index (χ2v) is 6.53. The van der Waals surface area contributed by atoms with Crippen LogP contribution >= 0.6 is 0 Å². The summed E-state index contributed by atoms with van der Waals surface area (Å²) in [7, 11) is 5.67. The lowest BCUT2D eigenvalue weighted by molar-refractivity contribution is 0.0942. The number of hydrogen-bond acceptors (Lipinski definition) is 3. The maximum absolute atomic E-state index is 12.6. The molecule has 3 aromatic carbocycles. The maximum atomic E-state index is 12.6. The summed E-state index contributed by atoms with van der Waals surface area (Å²) in [5.74, 6) is 0.751. The van der Waals surface area contributed by atoms with Crippen LogP contribution in [0.2, 0.25) is 0 Å². The van der Waals surface area contributed by atoms with Crippen molar-refractivity contribution in [3.8, 4) is 5.75 Å². The molecular weight excluding hydrogens is 324 g/mol. The summed E-state index contributed by atoms with van der Waals surface area (Å²) >= 11 is 0. The predicted molar refractivity (Wildman–Crippen MR) is 106 cm³/mol. The van der Waals surface area contributed by atoms with E-state index in [1.54, 1.807) is 7.11 Å². The Bertz CT molecular complexity index is 905. The van der Waals surface area contributed by atoms with E-state index in [0.717, 1.165) is 22.1 Å². The maximum Gasteiger partial charge on any atom is 0.251 e. The Kier molecular flexibility index (Phi) is 5.54. The SMILES string of the molecule is COc1cccc([C@H](CNC(=O)c2ccc3ccccc3c2)N(C)C)c1. The van der Waals surface area contributed by atoms with E-state index in [4.69, 9.17) is 4.74 Å². The third kappa shape index (κ3) is 4.03. The number of nitrogens with one attached hydrogen (secondary N) is 1. The van der Waals surface area contributed by atoms with Crippen LogP contribution in [-0.2, 0) is 0 Å². The number of carbonyl (C=O) groups is 1. The molecule has 26 heavy (non-hydrogen) atoms. The smallest absolute Gasteiger partial charge is 0.251 e. The Morgan fingerprint density at radius 2 is 1.77 bits per heavy atom. The zero-order chi connectivity index (χ0) is 18.5. The highest BCUT2D eigenvalue weighted by molar-refractivity contribution is 5.98. The molecule has 134 valence electrons. The highest BCUT2D eigenvalue weighted by Gasteiger charge is 2.16. The molecule has 1 N–H and O–H groups in total. The Hall–Kier alpha value is -2.85. The molecule has 0 spiro atoms. The average Bonchev–Trinajstić information content (AvgIpc) is 2.67. The van der Waals surface area contributed by atoms with E-state index in [2.05, 4.69) is 16.3 Å². The first kappa shape index (κ1) is 18.0. The number of hydrogen-bond donors (Lipinski definition) is 1. The van der Waals surface area contributed by atoms with Crippen molar-refractivity contribution >= 4 is 16.7 Å². The van der Waals surface area contributed by atoms with E-state index in [1.165, 1.54) is 0 Å². The number of fused-ring (bicyclic) bond motifs is 1. The molecule has 0 aliphatic heterocycles. The molecule has 4 nitrogen and oxygen atoms in total. The highest BCUT2D eigenvalue weighted by Crippen LogP contribution is 2.22. The van der Waals surface area contributed by atoms with Crippen LogP contribution in [0.1, 0.15) is 22.0 Å². The van der Waals surface area contributed by atoms with Gasteiger partial charge in [-0.15, -0.1) is 0 Å². The number of carbonyl (C=O) groups excluding carboxylic acids is 1. The number of amides is 1. The number of benzene rings is 3. The lowest BCUT2D eigenvalue weighted by Gasteiger charge is -2.25. The van der Waals surface area contributed by atoms with Gasteiger partial charge in [-0.2, -0.15) is 0 Å². The van der Waals surface area contributed by atoms with Crippen LogP contribution in [0.25, 0.3) is 10.8 Å². The fourth-order valence-electron chi connectivity index (χ4n) is 3.07. The van der Waals surface area contributed by atoms with Gasteiger partial charge in [0.05, 0.1) is 13.2 Å². The van der Waals surface area contributed by atoms with Crippen LogP contribution in [-0.4, -0.2) is 38.6 Å². The molecule has 0 fully saturated rings. The molecule has 3 aromatic rings. The van der Waals surface area contributed by atoms with Crippen molar-refractivity contribution in [3.05, 3.63) is 77.9 Å². The van der Waals surface area contributed by atoms with E-state index in [1.807, 2.05) is 74.8 Å². The lowest BCUT2D eigenvalue weighted by atomic mass is 10.0. The first-order valence-electron chi connectivity index (χ1n) is 8.66. The van der Waals surface area contributed by atoms with Crippen molar-refractivity contribution in [2.24, 2.45) is 0 Å². The zero-order valence-electron chi connectivity index (χ0n) is 15.4. The van der Waals surface area contributed by atoms with E-state index in [0.29, 0.717) is 12.1 Å². The molecule has 3 rings (SSSR count). The molecule has 1 atom stereocenters. The van der Waals surface area contributed by atoms with Gasteiger partial charge in [-0.05, 0) is 54.7 Å². The standard InChI is InChI=1S/C22H24N2O2/c1-24(2)21(18-9-6-10-20(14-18)26-3)15-23-22(25)19-12-11-16-7-4-5-8-17(16)13-19/h4-14,21H,15H2,1-3H3,(H,23,25)/t21-/m0/s1. The van der Waals surface area contributed by atoms with Gasteiger partial charge in [-0.25, -0.2) is 0 Å². The van der Waals surface area contributed by atoms with E-state index < -0.39 is 0 Å². The molecule has 0 aliphatic carbocycles. The van der Waals surface area contributed by atoms with Crippen molar-refractivity contribution < 1.29 is 9.53 Å². The van der Waals surface area contributed by atoms with E-state index in [9.17, 15) is 4.79 Å². The van der Waals surface area contributed by atoms with Crippen LogP contribution in [0.15, 0.2) is 66.7 Å². The molecular formula is C22H24N2O2. The molecule has 1 amide bonds. The van der Waals surface area contributed by atoms with Crippen molar-refractivity contribution in [2.75, 3.05) is 27.7 Å². The molecule has 0 saturated carbocycles. The minimum atomic E-state index is -0.0644. The van der Waals surface area contributed by atoms with Crippen LogP contribution < -0.4 is 10.1 Å². The summed E-state index contributed by atoms with van der Waals surface area (Å²) in [6.45, 7) is 0.520. The fourth-order valence-corrected chi connectivity index (χ4v) is 3.07. The van der Waals surface area contributed by atoms with Gasteiger partial charge in [0, 0.05) is 12.1 Å². The first-order valence-corrected chi connectivity index (χ1v) is 8.66. The monoisotopic (exact) mass is 348 g/mol.